The summed E-state index contributed by atoms with van der Waals surface area (Å²) in [6, 6.07) is 4.42. The smallest absolute Gasteiger partial charge is 0.241 e. The summed E-state index contributed by atoms with van der Waals surface area (Å²) in [6.07, 6.45) is -0.340. The Hall–Kier alpha value is -1.66. The van der Waals surface area contributed by atoms with Crippen LogP contribution in [-0.2, 0) is 9.53 Å². The molecular formula is C14H19FN2O3. The number of methoxy groups -OCH3 is 2. The standard InChI is InChI=1S/C14H19FN2O3/c1-9-14(18)17(6-7-19-2)13(16-9)10-4-5-12(20-3)11(15)8-10/h4-5,8-9,13,16H,6-7H2,1-3H3. The zero-order valence-corrected chi connectivity index (χ0v) is 11.9. The molecule has 5 nitrogen and oxygen atoms in total. The molecule has 2 unspecified atom stereocenters. The second kappa shape index (κ2) is 6.19. The van der Waals surface area contributed by atoms with Crippen LogP contribution in [0.2, 0.25) is 0 Å². The van der Waals surface area contributed by atoms with Gasteiger partial charge in [-0.1, -0.05) is 6.07 Å². The first-order chi connectivity index (χ1) is 9.58. The van der Waals surface area contributed by atoms with Gasteiger partial charge in [-0.2, -0.15) is 0 Å². The third-order valence-corrected chi connectivity index (χ3v) is 3.40. The number of halogens is 1. The predicted molar refractivity (Wildman–Crippen MR) is 71.9 cm³/mol. The van der Waals surface area contributed by atoms with Crippen LogP contribution < -0.4 is 10.1 Å². The van der Waals surface area contributed by atoms with Crippen molar-refractivity contribution in [3.05, 3.63) is 29.6 Å². The van der Waals surface area contributed by atoms with Crippen molar-refractivity contribution in [3.8, 4) is 5.75 Å². The van der Waals surface area contributed by atoms with Gasteiger partial charge in [0.2, 0.25) is 5.91 Å². The quantitative estimate of drug-likeness (QED) is 0.884. The lowest BCUT2D eigenvalue weighted by Gasteiger charge is -2.24. The summed E-state index contributed by atoms with van der Waals surface area (Å²) in [4.78, 5) is 13.8. The molecule has 1 aliphatic heterocycles. The molecule has 1 amide bonds. The van der Waals surface area contributed by atoms with Crippen LogP contribution in [0.25, 0.3) is 0 Å². The van der Waals surface area contributed by atoms with E-state index < -0.39 is 5.82 Å². The first kappa shape index (κ1) is 14.7. The van der Waals surface area contributed by atoms with Crippen molar-refractivity contribution in [2.45, 2.75) is 19.1 Å². The molecule has 0 spiro atoms. The average Bonchev–Trinajstić information content (AvgIpc) is 2.72. The molecule has 0 radical (unpaired) electrons. The zero-order chi connectivity index (χ0) is 14.7. The van der Waals surface area contributed by atoms with Gasteiger partial charge < -0.3 is 14.4 Å². The Kier molecular flexibility index (Phi) is 4.57. The molecule has 2 atom stereocenters. The Morgan fingerprint density at radius 2 is 2.15 bits per heavy atom. The summed E-state index contributed by atoms with van der Waals surface area (Å²) in [5.74, 6) is -0.261. The lowest BCUT2D eigenvalue weighted by atomic mass is 10.1. The van der Waals surface area contributed by atoms with Crippen LogP contribution in [0.1, 0.15) is 18.7 Å². The van der Waals surface area contributed by atoms with Gasteiger partial charge in [0.25, 0.3) is 0 Å². The van der Waals surface area contributed by atoms with Crippen LogP contribution in [0.15, 0.2) is 18.2 Å². The monoisotopic (exact) mass is 282 g/mol. The van der Waals surface area contributed by atoms with E-state index in [2.05, 4.69) is 5.32 Å². The Labute approximate surface area is 117 Å². The van der Waals surface area contributed by atoms with Crippen LogP contribution >= 0.6 is 0 Å². The Morgan fingerprint density at radius 3 is 2.75 bits per heavy atom. The van der Waals surface area contributed by atoms with Gasteiger partial charge in [-0.25, -0.2) is 4.39 Å². The number of rotatable bonds is 5. The van der Waals surface area contributed by atoms with Crippen LogP contribution in [0.5, 0.6) is 5.75 Å². The van der Waals surface area contributed by atoms with Crippen molar-refractivity contribution in [3.63, 3.8) is 0 Å². The van der Waals surface area contributed by atoms with Gasteiger partial charge in [0.15, 0.2) is 11.6 Å². The Bertz CT molecular complexity index is 495. The second-order valence-electron chi connectivity index (χ2n) is 4.71. The molecule has 0 saturated carbocycles. The number of nitrogens with zero attached hydrogens (tertiary/aromatic N) is 1. The molecule has 6 heteroatoms. The number of carbonyl (C=O) groups is 1. The third kappa shape index (κ3) is 2.76. The van der Waals surface area contributed by atoms with Crippen LogP contribution in [-0.4, -0.2) is 44.2 Å². The van der Waals surface area contributed by atoms with E-state index in [0.29, 0.717) is 18.7 Å². The molecule has 2 rings (SSSR count). The molecular weight excluding hydrogens is 263 g/mol. The molecule has 110 valence electrons. The fourth-order valence-corrected chi connectivity index (χ4v) is 2.33. The highest BCUT2D eigenvalue weighted by Gasteiger charge is 2.36. The molecule has 1 aromatic rings. The van der Waals surface area contributed by atoms with Gasteiger partial charge in [0.1, 0.15) is 6.17 Å². The molecule has 1 fully saturated rings. The third-order valence-electron chi connectivity index (χ3n) is 3.40. The van der Waals surface area contributed by atoms with Crippen LogP contribution in [0.4, 0.5) is 4.39 Å². The maximum Gasteiger partial charge on any atom is 0.241 e. The van der Waals surface area contributed by atoms with E-state index in [1.54, 1.807) is 31.1 Å². The number of hydrogen-bond donors (Lipinski definition) is 1. The fourth-order valence-electron chi connectivity index (χ4n) is 2.33. The van der Waals surface area contributed by atoms with Crippen molar-refractivity contribution in [1.29, 1.82) is 0 Å². The summed E-state index contributed by atoms with van der Waals surface area (Å²) < 4.78 is 23.7. The maximum absolute atomic E-state index is 13.8. The normalized spacial score (nSPS) is 22.4. The van der Waals surface area contributed by atoms with E-state index in [9.17, 15) is 9.18 Å². The first-order valence-electron chi connectivity index (χ1n) is 6.47. The van der Waals surface area contributed by atoms with Crippen molar-refractivity contribution in [2.75, 3.05) is 27.4 Å². The molecule has 0 bridgehead atoms. The molecule has 1 aliphatic rings. The fraction of sp³-hybridized carbons (Fsp3) is 0.500. The van der Waals surface area contributed by atoms with Gasteiger partial charge in [-0.3, -0.25) is 10.1 Å². The van der Waals surface area contributed by atoms with E-state index in [0.717, 1.165) is 0 Å². The lowest BCUT2D eigenvalue weighted by molar-refractivity contribution is -0.130. The number of amides is 1. The van der Waals surface area contributed by atoms with Gasteiger partial charge >= 0.3 is 0 Å². The average molecular weight is 282 g/mol. The zero-order valence-electron chi connectivity index (χ0n) is 11.9. The summed E-state index contributed by atoms with van der Waals surface area (Å²) >= 11 is 0. The highest BCUT2D eigenvalue weighted by atomic mass is 19.1. The van der Waals surface area contributed by atoms with Crippen molar-refractivity contribution in [2.24, 2.45) is 0 Å². The van der Waals surface area contributed by atoms with Gasteiger partial charge in [-0.15, -0.1) is 0 Å². The Morgan fingerprint density at radius 1 is 1.40 bits per heavy atom. The molecule has 0 aliphatic carbocycles. The van der Waals surface area contributed by atoms with E-state index in [4.69, 9.17) is 9.47 Å². The molecule has 1 aromatic carbocycles. The highest BCUT2D eigenvalue weighted by molar-refractivity contribution is 5.84. The minimum atomic E-state index is -0.439. The van der Waals surface area contributed by atoms with Gasteiger partial charge in [-0.05, 0) is 24.6 Å². The number of ether oxygens (including phenoxy) is 2. The van der Waals surface area contributed by atoms with Gasteiger partial charge in [0, 0.05) is 13.7 Å². The lowest BCUT2D eigenvalue weighted by Crippen LogP contribution is -2.33. The molecule has 1 N–H and O–H groups in total. The number of carbonyl (C=O) groups excluding carboxylic acids is 1. The van der Waals surface area contributed by atoms with Crippen molar-refractivity contribution in [1.82, 2.24) is 10.2 Å². The van der Waals surface area contributed by atoms with Gasteiger partial charge in [0.05, 0.1) is 19.8 Å². The minimum Gasteiger partial charge on any atom is -0.494 e. The van der Waals surface area contributed by atoms with E-state index >= 15 is 0 Å². The van der Waals surface area contributed by atoms with Crippen LogP contribution in [0, 0.1) is 5.82 Å². The summed E-state index contributed by atoms with van der Waals surface area (Å²) in [7, 11) is 3.00. The maximum atomic E-state index is 13.8. The second-order valence-corrected chi connectivity index (χ2v) is 4.71. The number of hydrogen-bond acceptors (Lipinski definition) is 4. The van der Waals surface area contributed by atoms with Crippen molar-refractivity contribution < 1.29 is 18.7 Å². The van der Waals surface area contributed by atoms with E-state index in [1.165, 1.54) is 13.2 Å². The summed E-state index contributed by atoms with van der Waals surface area (Å²) in [6.45, 7) is 2.70. The molecule has 0 aromatic heterocycles. The van der Waals surface area contributed by atoms with E-state index in [1.807, 2.05) is 0 Å². The van der Waals surface area contributed by atoms with E-state index in [-0.39, 0.29) is 23.9 Å². The largest absolute Gasteiger partial charge is 0.494 e. The number of nitrogens with one attached hydrogen (secondary N) is 1. The van der Waals surface area contributed by atoms with Crippen LogP contribution in [0.3, 0.4) is 0 Å². The Balaban J connectivity index is 2.25. The predicted octanol–water partition coefficient (Wildman–Crippen LogP) is 1.30. The number of benzene rings is 1. The molecule has 1 heterocycles. The summed E-state index contributed by atoms with van der Waals surface area (Å²) in [5, 5.41) is 3.16. The molecule has 1 saturated heterocycles. The topological polar surface area (TPSA) is 50.8 Å². The minimum absolute atomic E-state index is 0.0109. The summed E-state index contributed by atoms with van der Waals surface area (Å²) in [5.41, 5.74) is 0.692. The molecule has 20 heavy (non-hydrogen) atoms. The SMILES string of the molecule is COCCN1C(=O)C(C)NC1c1ccc(OC)c(F)c1. The first-order valence-corrected chi connectivity index (χ1v) is 6.47. The van der Waals surface area contributed by atoms with Crippen molar-refractivity contribution >= 4 is 5.91 Å². The highest BCUT2D eigenvalue weighted by Crippen LogP contribution is 2.28.